The van der Waals surface area contributed by atoms with Crippen molar-refractivity contribution in [3.8, 4) is 0 Å². The molecule has 0 aromatic rings. The molecular weight excluding hydrogens is 432 g/mol. The molecule has 1 saturated heterocycles. The Morgan fingerprint density at radius 2 is 1.56 bits per heavy atom. The van der Waals surface area contributed by atoms with E-state index in [0.717, 1.165) is 25.7 Å². The van der Waals surface area contributed by atoms with Crippen LogP contribution in [0.5, 0.6) is 0 Å². The molecule has 1 aliphatic heterocycles. The molecule has 12 nitrogen and oxygen atoms in total. The quantitative estimate of drug-likeness (QED) is 0.0899. The molecule has 12 heteroatoms. The van der Waals surface area contributed by atoms with Gasteiger partial charge in [-0.3, -0.25) is 4.79 Å². The molecule has 8 N–H and O–H groups in total. The summed E-state index contributed by atoms with van der Waals surface area (Å²) >= 11 is 0. The van der Waals surface area contributed by atoms with Gasteiger partial charge in [0, 0.05) is 6.42 Å². The summed E-state index contributed by atoms with van der Waals surface area (Å²) < 4.78 is 15.9. The Morgan fingerprint density at radius 1 is 0.938 bits per heavy atom. The maximum absolute atomic E-state index is 12.2. The molecule has 0 aromatic heterocycles. The Labute approximate surface area is 187 Å². The fourth-order valence-electron chi connectivity index (χ4n) is 3.25. The predicted molar refractivity (Wildman–Crippen MR) is 108 cm³/mol. The van der Waals surface area contributed by atoms with Crippen LogP contribution < -0.4 is 0 Å². The van der Waals surface area contributed by atoms with E-state index in [-0.39, 0.29) is 6.42 Å². The van der Waals surface area contributed by atoms with Crippen LogP contribution in [0.25, 0.3) is 0 Å². The first kappa shape index (κ1) is 29.1. The van der Waals surface area contributed by atoms with Crippen molar-refractivity contribution in [1.82, 2.24) is 0 Å². The molecule has 1 heterocycles. The summed E-state index contributed by atoms with van der Waals surface area (Å²) in [6, 6.07) is 0. The Bertz CT molecular complexity index is 521. The molecule has 1 rings (SSSR count). The van der Waals surface area contributed by atoms with Gasteiger partial charge in [0.2, 0.25) is 0 Å². The fourth-order valence-corrected chi connectivity index (χ4v) is 3.25. The zero-order valence-electron chi connectivity index (χ0n) is 18.3. The summed E-state index contributed by atoms with van der Waals surface area (Å²) in [5, 5.41) is 77.5. The highest BCUT2D eigenvalue weighted by atomic mass is 16.7. The summed E-state index contributed by atoms with van der Waals surface area (Å²) in [5.74, 6) is -0.653. The molecular formula is C20H38O12. The summed E-state index contributed by atoms with van der Waals surface area (Å²) in [6.07, 6.45) is -10.1. The minimum absolute atomic E-state index is 0.0752. The van der Waals surface area contributed by atoms with Crippen molar-refractivity contribution >= 4 is 5.97 Å². The fraction of sp³-hybridized carbons (Fsp3) is 0.950. The van der Waals surface area contributed by atoms with Gasteiger partial charge in [0.05, 0.1) is 19.8 Å². The normalized spacial score (nSPS) is 29.8. The van der Waals surface area contributed by atoms with Gasteiger partial charge >= 0.3 is 5.97 Å². The van der Waals surface area contributed by atoms with Crippen molar-refractivity contribution < 1.29 is 59.9 Å². The number of carbonyl (C=O) groups is 1. The number of rotatable bonds is 15. The van der Waals surface area contributed by atoms with E-state index >= 15 is 0 Å². The van der Waals surface area contributed by atoms with Gasteiger partial charge in [-0.1, -0.05) is 32.6 Å². The third-order valence-corrected chi connectivity index (χ3v) is 5.33. The number of aliphatic hydroxyl groups excluding tert-OH is 8. The summed E-state index contributed by atoms with van der Waals surface area (Å²) in [4.78, 5) is 12.2. The van der Waals surface area contributed by atoms with Gasteiger partial charge in [-0.15, -0.1) is 0 Å². The maximum Gasteiger partial charge on any atom is 0.306 e. The van der Waals surface area contributed by atoms with Gasteiger partial charge in [-0.2, -0.15) is 0 Å². The minimum atomic E-state index is -1.89. The lowest BCUT2D eigenvalue weighted by atomic mass is 9.99. The number of hydrogen-bond acceptors (Lipinski definition) is 12. The average Bonchev–Trinajstić information content (AvgIpc) is 2.79. The third-order valence-electron chi connectivity index (χ3n) is 5.33. The Hall–Kier alpha value is -0.930. The topological polar surface area (TPSA) is 207 Å². The van der Waals surface area contributed by atoms with E-state index in [1.165, 1.54) is 0 Å². The first-order chi connectivity index (χ1) is 15.2. The first-order valence-corrected chi connectivity index (χ1v) is 10.9. The van der Waals surface area contributed by atoms with Crippen LogP contribution in [0.15, 0.2) is 0 Å². The monoisotopic (exact) mass is 470 g/mol. The molecule has 190 valence electrons. The van der Waals surface area contributed by atoms with E-state index in [2.05, 4.69) is 6.92 Å². The lowest BCUT2D eigenvalue weighted by Crippen LogP contribution is -2.61. The summed E-state index contributed by atoms with van der Waals surface area (Å²) in [7, 11) is 0. The molecule has 0 spiro atoms. The van der Waals surface area contributed by atoms with Crippen LogP contribution in [-0.2, 0) is 19.0 Å². The molecule has 0 saturated carbocycles. The second kappa shape index (κ2) is 15.1. The standard InChI is InChI=1S/C20H38O12/c1-2-3-4-5-6-7-14(25)32-19-18(29)17(28)13(9-22)31-20(19)30-10-12(24)16(27)15(26)11(23)8-21/h11-13,15-24,26-29H,2-10H2,1H3. The van der Waals surface area contributed by atoms with Crippen molar-refractivity contribution in [1.29, 1.82) is 0 Å². The average molecular weight is 471 g/mol. The molecule has 0 aromatic carbocycles. The van der Waals surface area contributed by atoms with Crippen molar-refractivity contribution in [3.63, 3.8) is 0 Å². The van der Waals surface area contributed by atoms with E-state index in [0.29, 0.717) is 6.42 Å². The largest absolute Gasteiger partial charge is 0.454 e. The number of hydrogen-bond donors (Lipinski definition) is 8. The van der Waals surface area contributed by atoms with Gasteiger partial charge in [-0.25, -0.2) is 0 Å². The zero-order chi connectivity index (χ0) is 24.3. The van der Waals surface area contributed by atoms with E-state index in [4.69, 9.17) is 19.3 Å². The highest BCUT2D eigenvalue weighted by Gasteiger charge is 2.47. The van der Waals surface area contributed by atoms with Crippen LogP contribution in [-0.4, -0.2) is 122 Å². The number of unbranched alkanes of at least 4 members (excludes halogenated alkanes) is 4. The van der Waals surface area contributed by atoms with E-state index < -0.39 is 80.9 Å². The van der Waals surface area contributed by atoms with Crippen LogP contribution in [0, 0.1) is 0 Å². The molecule has 0 bridgehead atoms. The molecule has 32 heavy (non-hydrogen) atoms. The maximum atomic E-state index is 12.2. The van der Waals surface area contributed by atoms with Crippen molar-refractivity contribution in [3.05, 3.63) is 0 Å². The Balaban J connectivity index is 2.72. The zero-order valence-corrected chi connectivity index (χ0v) is 18.3. The highest BCUT2D eigenvalue weighted by molar-refractivity contribution is 5.69. The number of ether oxygens (including phenoxy) is 3. The number of esters is 1. The molecule has 9 atom stereocenters. The van der Waals surface area contributed by atoms with E-state index in [1.54, 1.807) is 0 Å². The van der Waals surface area contributed by atoms with Gasteiger partial charge < -0.3 is 55.1 Å². The predicted octanol–water partition coefficient (Wildman–Crippen LogP) is -2.85. The van der Waals surface area contributed by atoms with Crippen LogP contribution in [0.1, 0.15) is 45.4 Å². The van der Waals surface area contributed by atoms with Crippen LogP contribution in [0.2, 0.25) is 0 Å². The SMILES string of the molecule is CCCCCCCC(=O)OC1C(OCC(O)C(O)C(O)C(O)CO)OC(CO)C(O)C1O. The van der Waals surface area contributed by atoms with Crippen LogP contribution in [0.3, 0.4) is 0 Å². The van der Waals surface area contributed by atoms with Crippen molar-refractivity contribution in [2.24, 2.45) is 0 Å². The first-order valence-electron chi connectivity index (χ1n) is 10.9. The van der Waals surface area contributed by atoms with Gasteiger partial charge in [0.1, 0.15) is 42.7 Å². The number of carbonyl (C=O) groups excluding carboxylic acids is 1. The van der Waals surface area contributed by atoms with Crippen LogP contribution in [0.4, 0.5) is 0 Å². The third kappa shape index (κ3) is 8.78. The molecule has 1 aliphatic rings. The van der Waals surface area contributed by atoms with Gasteiger partial charge in [0.15, 0.2) is 12.4 Å². The molecule has 1 fully saturated rings. The van der Waals surface area contributed by atoms with Gasteiger partial charge in [0.25, 0.3) is 0 Å². The van der Waals surface area contributed by atoms with E-state index in [1.807, 2.05) is 0 Å². The lowest BCUT2D eigenvalue weighted by molar-refractivity contribution is -0.309. The van der Waals surface area contributed by atoms with Crippen molar-refractivity contribution in [2.45, 2.75) is 101 Å². The molecule has 0 amide bonds. The van der Waals surface area contributed by atoms with E-state index in [9.17, 15) is 40.5 Å². The summed E-state index contributed by atoms with van der Waals surface area (Å²) in [5.41, 5.74) is 0. The minimum Gasteiger partial charge on any atom is -0.454 e. The highest BCUT2D eigenvalue weighted by Crippen LogP contribution is 2.25. The number of aliphatic hydroxyl groups is 8. The lowest BCUT2D eigenvalue weighted by Gasteiger charge is -2.41. The van der Waals surface area contributed by atoms with Gasteiger partial charge in [-0.05, 0) is 6.42 Å². The Morgan fingerprint density at radius 3 is 2.16 bits per heavy atom. The smallest absolute Gasteiger partial charge is 0.306 e. The summed E-state index contributed by atoms with van der Waals surface area (Å²) in [6.45, 7) is -0.151. The second-order valence-corrected chi connectivity index (χ2v) is 7.96. The molecule has 0 aliphatic carbocycles. The van der Waals surface area contributed by atoms with Crippen molar-refractivity contribution in [2.75, 3.05) is 19.8 Å². The molecule has 9 unspecified atom stereocenters. The Kier molecular flexibility index (Phi) is 13.7. The second-order valence-electron chi connectivity index (χ2n) is 7.96. The van der Waals surface area contributed by atoms with Crippen LogP contribution >= 0.6 is 0 Å². The molecule has 0 radical (unpaired) electrons.